The molecule has 0 aliphatic heterocycles. The van der Waals surface area contributed by atoms with E-state index in [1.807, 2.05) is 26.0 Å². The number of hydrogen-bond donors (Lipinski definition) is 1. The summed E-state index contributed by atoms with van der Waals surface area (Å²) in [7, 11) is 0. The Hall–Kier alpha value is -1.89. The molecule has 21 heavy (non-hydrogen) atoms. The second-order valence-corrected chi connectivity index (χ2v) is 5.42. The van der Waals surface area contributed by atoms with E-state index in [0.29, 0.717) is 5.56 Å². The van der Waals surface area contributed by atoms with Gasteiger partial charge in [-0.05, 0) is 49.2 Å². The molecule has 0 aromatic heterocycles. The fourth-order valence-corrected chi connectivity index (χ4v) is 2.38. The number of rotatable bonds is 4. The van der Waals surface area contributed by atoms with Crippen molar-refractivity contribution < 1.29 is 4.39 Å². The molecule has 2 nitrogen and oxygen atoms in total. The van der Waals surface area contributed by atoms with Crippen LogP contribution < -0.4 is 5.32 Å². The summed E-state index contributed by atoms with van der Waals surface area (Å²) in [6.07, 6.45) is 0. The van der Waals surface area contributed by atoms with E-state index >= 15 is 0 Å². The van der Waals surface area contributed by atoms with Gasteiger partial charge in [0.2, 0.25) is 0 Å². The average Bonchev–Trinajstić information content (AvgIpc) is 2.50. The van der Waals surface area contributed by atoms with Crippen LogP contribution in [0.3, 0.4) is 0 Å². The zero-order valence-corrected chi connectivity index (χ0v) is 12.7. The van der Waals surface area contributed by atoms with Crippen molar-refractivity contribution >= 4 is 11.6 Å². The molecule has 2 atom stereocenters. The van der Waals surface area contributed by atoms with Crippen molar-refractivity contribution in [3.63, 3.8) is 0 Å². The molecule has 1 N–H and O–H groups in total. The van der Waals surface area contributed by atoms with Gasteiger partial charge in [0.1, 0.15) is 5.82 Å². The molecule has 4 heteroatoms. The first kappa shape index (κ1) is 15.5. The fraction of sp³-hybridized carbons (Fsp3) is 0.235. The summed E-state index contributed by atoms with van der Waals surface area (Å²) in [5, 5.41) is 12.4. The number of nitrogens with one attached hydrogen (secondary N) is 1. The maximum atomic E-state index is 13.2. The van der Waals surface area contributed by atoms with E-state index in [2.05, 4.69) is 11.4 Å². The third-order valence-electron chi connectivity index (χ3n) is 3.48. The first-order chi connectivity index (χ1) is 10.0. The second kappa shape index (κ2) is 6.71. The van der Waals surface area contributed by atoms with E-state index in [1.165, 1.54) is 6.07 Å². The van der Waals surface area contributed by atoms with Gasteiger partial charge in [-0.2, -0.15) is 5.26 Å². The van der Waals surface area contributed by atoms with Crippen molar-refractivity contribution in [2.24, 2.45) is 0 Å². The molecule has 0 amide bonds. The van der Waals surface area contributed by atoms with Crippen LogP contribution in [-0.2, 0) is 0 Å². The molecule has 2 aromatic rings. The Bertz CT molecular complexity index is 661. The highest BCUT2D eigenvalue weighted by molar-refractivity contribution is 6.30. The quantitative estimate of drug-likeness (QED) is 0.883. The van der Waals surface area contributed by atoms with Gasteiger partial charge in [0.05, 0.1) is 16.7 Å². The van der Waals surface area contributed by atoms with Gasteiger partial charge in [0, 0.05) is 12.1 Å². The number of halogens is 2. The van der Waals surface area contributed by atoms with Crippen molar-refractivity contribution in [3.05, 3.63) is 70.0 Å². The van der Waals surface area contributed by atoms with Crippen LogP contribution in [0.25, 0.3) is 0 Å². The van der Waals surface area contributed by atoms with Crippen molar-refractivity contribution in [1.29, 1.82) is 5.26 Å². The van der Waals surface area contributed by atoms with Crippen LogP contribution in [0.1, 0.15) is 42.6 Å². The third-order valence-corrected chi connectivity index (χ3v) is 3.77. The number of benzene rings is 2. The molecule has 0 spiro atoms. The van der Waals surface area contributed by atoms with Crippen molar-refractivity contribution in [3.8, 4) is 6.07 Å². The molecule has 0 saturated heterocycles. The van der Waals surface area contributed by atoms with Crippen molar-refractivity contribution in [2.45, 2.75) is 25.9 Å². The summed E-state index contributed by atoms with van der Waals surface area (Å²) in [4.78, 5) is 0. The van der Waals surface area contributed by atoms with Crippen LogP contribution in [0.5, 0.6) is 0 Å². The highest BCUT2D eigenvalue weighted by atomic mass is 35.5. The van der Waals surface area contributed by atoms with Crippen LogP contribution in [0.4, 0.5) is 4.39 Å². The summed E-state index contributed by atoms with van der Waals surface area (Å²) in [5.74, 6) is -0.409. The molecule has 0 aliphatic carbocycles. The van der Waals surface area contributed by atoms with E-state index in [-0.39, 0.29) is 17.1 Å². The number of hydrogen-bond acceptors (Lipinski definition) is 2. The van der Waals surface area contributed by atoms with Gasteiger partial charge in [-0.25, -0.2) is 4.39 Å². The molecule has 0 fully saturated rings. The fourth-order valence-electron chi connectivity index (χ4n) is 2.20. The maximum Gasteiger partial charge on any atom is 0.141 e. The molecular weight excluding hydrogens is 287 g/mol. The highest BCUT2D eigenvalue weighted by Crippen LogP contribution is 2.23. The highest BCUT2D eigenvalue weighted by Gasteiger charge is 2.12. The molecule has 2 aromatic carbocycles. The first-order valence-corrected chi connectivity index (χ1v) is 7.10. The largest absolute Gasteiger partial charge is 0.304 e. The van der Waals surface area contributed by atoms with Gasteiger partial charge in [-0.15, -0.1) is 0 Å². The van der Waals surface area contributed by atoms with Gasteiger partial charge in [0.15, 0.2) is 0 Å². The lowest BCUT2D eigenvalue weighted by Crippen LogP contribution is -2.22. The average molecular weight is 303 g/mol. The van der Waals surface area contributed by atoms with Gasteiger partial charge in [0.25, 0.3) is 0 Å². The zero-order chi connectivity index (χ0) is 15.4. The third kappa shape index (κ3) is 3.81. The van der Waals surface area contributed by atoms with Gasteiger partial charge in [-0.1, -0.05) is 29.8 Å². The van der Waals surface area contributed by atoms with E-state index in [0.717, 1.165) is 11.1 Å². The zero-order valence-electron chi connectivity index (χ0n) is 11.9. The van der Waals surface area contributed by atoms with Crippen LogP contribution >= 0.6 is 11.6 Å². The Balaban J connectivity index is 2.08. The summed E-state index contributed by atoms with van der Waals surface area (Å²) in [6, 6.07) is 14.4. The van der Waals surface area contributed by atoms with Crippen LogP contribution in [-0.4, -0.2) is 0 Å². The molecule has 0 saturated carbocycles. The lowest BCUT2D eigenvalue weighted by Gasteiger charge is -2.21. The molecule has 2 unspecified atom stereocenters. The molecule has 0 radical (unpaired) electrons. The molecule has 108 valence electrons. The lowest BCUT2D eigenvalue weighted by atomic mass is 10.0. The maximum absolute atomic E-state index is 13.2. The molecule has 0 aliphatic rings. The minimum Gasteiger partial charge on any atom is -0.304 e. The van der Waals surface area contributed by atoms with Crippen molar-refractivity contribution in [2.75, 3.05) is 0 Å². The predicted molar refractivity (Wildman–Crippen MR) is 82.5 cm³/mol. The minimum absolute atomic E-state index is 0.0359. The smallest absolute Gasteiger partial charge is 0.141 e. The lowest BCUT2D eigenvalue weighted by molar-refractivity contribution is 0.494. The Labute approximate surface area is 129 Å². The molecule has 0 bridgehead atoms. The van der Waals surface area contributed by atoms with E-state index in [1.54, 1.807) is 24.3 Å². The van der Waals surface area contributed by atoms with E-state index in [9.17, 15) is 4.39 Å². The Morgan fingerprint density at radius 2 is 1.62 bits per heavy atom. The first-order valence-electron chi connectivity index (χ1n) is 6.72. The molecular formula is C17H16ClFN2. The predicted octanol–water partition coefficient (Wildman–Crippen LogP) is 4.76. The topological polar surface area (TPSA) is 35.8 Å². The van der Waals surface area contributed by atoms with Crippen LogP contribution in [0.2, 0.25) is 5.02 Å². The van der Waals surface area contributed by atoms with Crippen LogP contribution in [0, 0.1) is 17.1 Å². The molecule has 0 heterocycles. The Kier molecular flexibility index (Phi) is 4.95. The number of nitriles is 1. The van der Waals surface area contributed by atoms with Gasteiger partial charge in [-0.3, -0.25) is 0 Å². The van der Waals surface area contributed by atoms with E-state index in [4.69, 9.17) is 16.9 Å². The van der Waals surface area contributed by atoms with E-state index < -0.39 is 5.82 Å². The summed E-state index contributed by atoms with van der Waals surface area (Å²) in [6.45, 7) is 4.05. The molecule has 2 rings (SSSR count). The van der Waals surface area contributed by atoms with Gasteiger partial charge >= 0.3 is 0 Å². The minimum atomic E-state index is -0.409. The monoisotopic (exact) mass is 302 g/mol. The summed E-state index contributed by atoms with van der Waals surface area (Å²) < 4.78 is 13.2. The van der Waals surface area contributed by atoms with Crippen LogP contribution in [0.15, 0.2) is 42.5 Å². The summed E-state index contributed by atoms with van der Waals surface area (Å²) in [5.41, 5.74) is 2.67. The Morgan fingerprint density at radius 3 is 2.19 bits per heavy atom. The number of nitrogens with zero attached hydrogens (tertiary/aromatic N) is 1. The van der Waals surface area contributed by atoms with Gasteiger partial charge < -0.3 is 5.32 Å². The SMILES string of the molecule is CC(NC(C)c1ccc(F)c(Cl)c1)c1ccc(C#N)cc1. The van der Waals surface area contributed by atoms with Crippen molar-refractivity contribution in [1.82, 2.24) is 5.32 Å². The Morgan fingerprint density at radius 1 is 1.05 bits per heavy atom. The summed E-state index contributed by atoms with van der Waals surface area (Å²) >= 11 is 5.81. The second-order valence-electron chi connectivity index (χ2n) is 5.02. The standard InChI is InChI=1S/C17H16ClFN2/c1-11(14-5-3-13(10-20)4-6-14)21-12(2)15-7-8-17(19)16(18)9-15/h3-9,11-12,21H,1-2H3. The normalized spacial score (nSPS) is 13.5.